The fraction of sp³-hybridized carbons (Fsp3) is 0.417. The van der Waals surface area contributed by atoms with Crippen LogP contribution in [-0.2, 0) is 16.1 Å². The van der Waals surface area contributed by atoms with E-state index < -0.39 is 17.5 Å². The number of carbonyl (C=O) groups excluding carboxylic acids is 3. The number of aromatic nitrogens is 1. The van der Waals surface area contributed by atoms with Crippen molar-refractivity contribution in [2.75, 3.05) is 6.54 Å². The molecule has 0 aliphatic carbocycles. The summed E-state index contributed by atoms with van der Waals surface area (Å²) < 4.78 is 0. The minimum Gasteiger partial charge on any atom is -0.367 e. The molecule has 1 aliphatic rings. The molecule has 1 saturated heterocycles. The van der Waals surface area contributed by atoms with E-state index in [1.54, 1.807) is 26.2 Å². The van der Waals surface area contributed by atoms with Crippen molar-refractivity contribution >= 4 is 17.8 Å². The van der Waals surface area contributed by atoms with Crippen molar-refractivity contribution in [3.05, 3.63) is 24.0 Å². The van der Waals surface area contributed by atoms with Gasteiger partial charge < -0.3 is 15.6 Å². The lowest BCUT2D eigenvalue weighted by atomic mass is 10.1. The largest absolute Gasteiger partial charge is 0.367 e. The number of amides is 4. The van der Waals surface area contributed by atoms with Crippen molar-refractivity contribution in [3.8, 4) is 0 Å². The zero-order valence-electron chi connectivity index (χ0n) is 10.8. The van der Waals surface area contributed by atoms with Crippen LogP contribution in [0.5, 0.6) is 0 Å². The van der Waals surface area contributed by atoms with Crippen molar-refractivity contribution in [1.29, 1.82) is 0 Å². The Morgan fingerprint density at radius 2 is 2.16 bits per heavy atom. The molecule has 2 rings (SSSR count). The lowest BCUT2D eigenvalue weighted by molar-refractivity contribution is -0.134. The molecular formula is C12H16N4O3. The summed E-state index contributed by atoms with van der Waals surface area (Å²) in [4.78, 5) is 38.9. The second kappa shape index (κ2) is 4.75. The number of hydrogen-bond acceptors (Lipinski definition) is 3. The second-order valence-electron chi connectivity index (χ2n) is 4.94. The fourth-order valence-corrected chi connectivity index (χ4v) is 1.83. The molecule has 0 aromatic carbocycles. The number of nitrogens with one attached hydrogen (secondary N) is 3. The number of nitrogens with zero attached hydrogens (tertiary/aromatic N) is 1. The van der Waals surface area contributed by atoms with Gasteiger partial charge in [-0.3, -0.25) is 14.5 Å². The normalized spacial score (nSPS) is 17.5. The van der Waals surface area contributed by atoms with Crippen LogP contribution in [0.15, 0.2) is 18.5 Å². The minimum absolute atomic E-state index is 0.265. The van der Waals surface area contributed by atoms with Crippen LogP contribution in [0.3, 0.4) is 0 Å². The Kier molecular flexibility index (Phi) is 3.28. The molecule has 7 nitrogen and oxygen atoms in total. The number of imide groups is 1. The van der Waals surface area contributed by atoms with Crippen LogP contribution in [0, 0.1) is 0 Å². The van der Waals surface area contributed by atoms with Crippen LogP contribution in [0.1, 0.15) is 19.4 Å². The number of carbonyl (C=O) groups is 3. The van der Waals surface area contributed by atoms with Crippen LogP contribution >= 0.6 is 0 Å². The smallest absolute Gasteiger partial charge is 0.325 e. The Morgan fingerprint density at radius 3 is 2.68 bits per heavy atom. The fourth-order valence-electron chi connectivity index (χ4n) is 1.83. The molecule has 0 radical (unpaired) electrons. The molecule has 3 N–H and O–H groups in total. The summed E-state index contributed by atoms with van der Waals surface area (Å²) in [7, 11) is 0. The van der Waals surface area contributed by atoms with Gasteiger partial charge in [0.15, 0.2) is 0 Å². The Balaban J connectivity index is 1.89. The first kappa shape index (κ1) is 13.1. The van der Waals surface area contributed by atoms with E-state index in [2.05, 4.69) is 15.6 Å². The van der Waals surface area contributed by atoms with Crippen molar-refractivity contribution in [3.63, 3.8) is 0 Å². The van der Waals surface area contributed by atoms with Gasteiger partial charge in [-0.2, -0.15) is 0 Å². The molecule has 0 atom stereocenters. The molecular weight excluding hydrogens is 248 g/mol. The lowest BCUT2D eigenvalue weighted by Gasteiger charge is -2.15. The van der Waals surface area contributed by atoms with E-state index in [0.29, 0.717) is 6.54 Å². The molecule has 7 heteroatoms. The first-order valence-corrected chi connectivity index (χ1v) is 5.92. The Labute approximate surface area is 110 Å². The standard InChI is InChI=1S/C12H16N4O3/c1-12(2)10(18)16(11(19)15-12)7-9(17)14-6-8-3-4-13-5-8/h3-5,13H,6-7H2,1-2H3,(H,14,17)(H,15,19). The van der Waals surface area contributed by atoms with E-state index in [0.717, 1.165) is 10.5 Å². The zero-order valence-corrected chi connectivity index (χ0v) is 10.8. The molecule has 1 aromatic rings. The van der Waals surface area contributed by atoms with E-state index in [9.17, 15) is 14.4 Å². The summed E-state index contributed by atoms with van der Waals surface area (Å²) in [6.45, 7) is 3.30. The van der Waals surface area contributed by atoms with Gasteiger partial charge in [-0.05, 0) is 25.5 Å². The highest BCUT2D eigenvalue weighted by Crippen LogP contribution is 2.15. The van der Waals surface area contributed by atoms with Gasteiger partial charge in [-0.25, -0.2) is 4.79 Å². The van der Waals surface area contributed by atoms with E-state index in [1.165, 1.54) is 0 Å². The molecule has 0 saturated carbocycles. The SMILES string of the molecule is CC1(C)NC(=O)N(CC(=O)NCc2cc[nH]c2)C1=O. The topological polar surface area (TPSA) is 94.3 Å². The number of rotatable bonds is 4. The molecule has 0 spiro atoms. The second-order valence-corrected chi connectivity index (χ2v) is 4.94. The third-order valence-corrected chi connectivity index (χ3v) is 2.90. The quantitative estimate of drug-likeness (QED) is 0.666. The third-order valence-electron chi connectivity index (χ3n) is 2.90. The van der Waals surface area contributed by atoms with E-state index in [-0.39, 0.29) is 12.5 Å². The van der Waals surface area contributed by atoms with Crippen molar-refractivity contribution in [2.45, 2.75) is 25.9 Å². The number of urea groups is 1. The van der Waals surface area contributed by atoms with Crippen LogP contribution < -0.4 is 10.6 Å². The summed E-state index contributed by atoms with van der Waals surface area (Å²) in [5.74, 6) is -0.767. The molecule has 1 fully saturated rings. The molecule has 1 aromatic heterocycles. The zero-order chi connectivity index (χ0) is 14.0. The lowest BCUT2D eigenvalue weighted by Crippen LogP contribution is -2.43. The van der Waals surface area contributed by atoms with Gasteiger partial charge in [0.1, 0.15) is 12.1 Å². The van der Waals surface area contributed by atoms with Crippen LogP contribution in [0.4, 0.5) is 4.79 Å². The maximum atomic E-state index is 11.9. The van der Waals surface area contributed by atoms with Crippen LogP contribution in [0.2, 0.25) is 0 Å². The summed E-state index contributed by atoms with van der Waals surface area (Å²) >= 11 is 0. The number of H-pyrrole nitrogens is 1. The van der Waals surface area contributed by atoms with E-state index >= 15 is 0 Å². The molecule has 4 amide bonds. The van der Waals surface area contributed by atoms with Crippen molar-refractivity contribution in [2.24, 2.45) is 0 Å². The maximum absolute atomic E-state index is 11.9. The Morgan fingerprint density at radius 1 is 1.42 bits per heavy atom. The summed E-state index contributed by atoms with van der Waals surface area (Å²) in [5.41, 5.74) is -0.0243. The Bertz CT molecular complexity index is 507. The van der Waals surface area contributed by atoms with Crippen LogP contribution in [-0.4, -0.2) is 39.8 Å². The van der Waals surface area contributed by atoms with Gasteiger partial charge in [-0.15, -0.1) is 0 Å². The highest BCUT2D eigenvalue weighted by atomic mass is 16.2. The highest BCUT2D eigenvalue weighted by Gasteiger charge is 2.44. The summed E-state index contributed by atoms with van der Waals surface area (Å²) in [6, 6.07) is 1.30. The summed E-state index contributed by atoms with van der Waals surface area (Å²) in [5, 5.41) is 5.17. The molecule has 2 heterocycles. The molecule has 0 unspecified atom stereocenters. The van der Waals surface area contributed by atoms with Crippen molar-refractivity contribution in [1.82, 2.24) is 20.5 Å². The van der Waals surface area contributed by atoms with Gasteiger partial charge in [0.25, 0.3) is 5.91 Å². The molecule has 19 heavy (non-hydrogen) atoms. The average Bonchev–Trinajstić information content (AvgIpc) is 2.90. The minimum atomic E-state index is -0.946. The average molecular weight is 264 g/mol. The third kappa shape index (κ3) is 2.75. The molecule has 102 valence electrons. The first-order chi connectivity index (χ1) is 8.90. The van der Waals surface area contributed by atoms with E-state index in [1.807, 2.05) is 6.07 Å². The Hall–Kier alpha value is -2.31. The van der Waals surface area contributed by atoms with Crippen molar-refractivity contribution < 1.29 is 14.4 Å². The maximum Gasteiger partial charge on any atom is 0.325 e. The monoisotopic (exact) mass is 264 g/mol. The van der Waals surface area contributed by atoms with Gasteiger partial charge in [0, 0.05) is 18.9 Å². The van der Waals surface area contributed by atoms with Gasteiger partial charge in [0.2, 0.25) is 5.91 Å². The van der Waals surface area contributed by atoms with E-state index in [4.69, 9.17) is 0 Å². The number of aromatic amines is 1. The summed E-state index contributed by atoms with van der Waals surface area (Å²) in [6.07, 6.45) is 3.51. The van der Waals surface area contributed by atoms with Crippen LogP contribution in [0.25, 0.3) is 0 Å². The predicted octanol–water partition coefficient (Wildman–Crippen LogP) is -0.0387. The predicted molar refractivity (Wildman–Crippen MR) is 67.0 cm³/mol. The molecule has 0 bridgehead atoms. The first-order valence-electron chi connectivity index (χ1n) is 5.92. The van der Waals surface area contributed by atoms with Gasteiger partial charge in [0.05, 0.1) is 0 Å². The van der Waals surface area contributed by atoms with Gasteiger partial charge in [-0.1, -0.05) is 0 Å². The molecule has 1 aliphatic heterocycles. The number of hydrogen-bond donors (Lipinski definition) is 3. The highest BCUT2D eigenvalue weighted by molar-refractivity contribution is 6.08. The van der Waals surface area contributed by atoms with Gasteiger partial charge >= 0.3 is 6.03 Å².